The summed E-state index contributed by atoms with van der Waals surface area (Å²) in [5.74, 6) is 2.35. The zero-order chi connectivity index (χ0) is 19.5. The Kier molecular flexibility index (Phi) is 6.57. The number of benzene rings is 1. The molecule has 1 aliphatic rings. The van der Waals surface area contributed by atoms with E-state index >= 15 is 0 Å². The molecule has 1 N–H and O–H groups in total. The summed E-state index contributed by atoms with van der Waals surface area (Å²) in [7, 11) is 3.69. The van der Waals surface area contributed by atoms with Crippen LogP contribution in [0.25, 0.3) is 11.8 Å². The number of aromatic nitrogens is 6. The molecule has 1 saturated heterocycles. The van der Waals surface area contributed by atoms with Gasteiger partial charge in [-0.3, -0.25) is 4.90 Å². The first-order valence-electron chi connectivity index (χ1n) is 9.02. The molecule has 10 nitrogen and oxygen atoms in total. The molecular formula is C18H23ClN8O2. The van der Waals surface area contributed by atoms with Crippen LogP contribution in [0.4, 0.5) is 0 Å². The summed E-state index contributed by atoms with van der Waals surface area (Å²) in [6, 6.07) is 7.72. The van der Waals surface area contributed by atoms with E-state index in [0.717, 1.165) is 30.9 Å². The molecular weight excluding hydrogens is 396 g/mol. The summed E-state index contributed by atoms with van der Waals surface area (Å²) in [6.07, 6.45) is 1.89. The highest BCUT2D eigenvalue weighted by Crippen LogP contribution is 2.24. The molecule has 0 bridgehead atoms. The standard InChI is InChI=1S/C18H22N8O2.ClH/c1-12-21-23-24-26(12)15(10-13-5-4-6-14(9-13)27-3)18-20-17(22-28-18)16-11-19-7-8-25(16)2;/h4-6,9-10,16,19H,7-8,11H2,1-3H3;1H/b15-10-;. The molecule has 2 aromatic heterocycles. The number of aryl methyl sites for hydroxylation is 1. The fourth-order valence-corrected chi connectivity index (χ4v) is 3.13. The van der Waals surface area contributed by atoms with Crippen LogP contribution in [0, 0.1) is 6.92 Å². The molecule has 0 aliphatic carbocycles. The highest BCUT2D eigenvalue weighted by molar-refractivity contribution is 5.85. The van der Waals surface area contributed by atoms with Crippen molar-refractivity contribution < 1.29 is 9.26 Å². The average molecular weight is 419 g/mol. The maximum atomic E-state index is 5.60. The number of methoxy groups -OCH3 is 1. The van der Waals surface area contributed by atoms with Crippen molar-refractivity contribution in [1.29, 1.82) is 0 Å². The molecule has 0 amide bonds. The van der Waals surface area contributed by atoms with E-state index in [1.54, 1.807) is 11.8 Å². The Hall–Kier alpha value is -2.82. The molecule has 1 aromatic carbocycles. The second-order valence-corrected chi connectivity index (χ2v) is 6.60. The number of hydrogen-bond acceptors (Lipinski definition) is 9. The molecule has 4 rings (SSSR count). The van der Waals surface area contributed by atoms with Crippen LogP contribution < -0.4 is 10.1 Å². The quantitative estimate of drug-likeness (QED) is 0.658. The van der Waals surface area contributed by atoms with Gasteiger partial charge in [-0.05, 0) is 48.2 Å². The van der Waals surface area contributed by atoms with Crippen molar-refractivity contribution >= 4 is 24.2 Å². The first kappa shape index (κ1) is 20.9. The number of ether oxygens (including phenoxy) is 1. The van der Waals surface area contributed by atoms with Gasteiger partial charge in [0.2, 0.25) is 0 Å². The van der Waals surface area contributed by atoms with Crippen LogP contribution >= 0.6 is 12.4 Å². The zero-order valence-corrected chi connectivity index (χ0v) is 17.3. The molecule has 11 heteroatoms. The highest BCUT2D eigenvalue weighted by atomic mass is 35.5. The van der Waals surface area contributed by atoms with E-state index in [2.05, 4.69) is 42.9 Å². The summed E-state index contributed by atoms with van der Waals surface area (Å²) in [5.41, 5.74) is 1.50. The van der Waals surface area contributed by atoms with Crippen LogP contribution in [-0.4, -0.2) is 69.0 Å². The lowest BCUT2D eigenvalue weighted by Gasteiger charge is -2.30. The van der Waals surface area contributed by atoms with Crippen molar-refractivity contribution in [3.63, 3.8) is 0 Å². The fraction of sp³-hybridized carbons (Fsp3) is 0.389. The molecule has 154 valence electrons. The van der Waals surface area contributed by atoms with E-state index < -0.39 is 0 Å². The van der Waals surface area contributed by atoms with E-state index in [-0.39, 0.29) is 18.4 Å². The van der Waals surface area contributed by atoms with Gasteiger partial charge in [-0.2, -0.15) is 9.67 Å². The topological polar surface area (TPSA) is 107 Å². The largest absolute Gasteiger partial charge is 0.497 e. The van der Waals surface area contributed by atoms with E-state index in [9.17, 15) is 0 Å². The molecule has 29 heavy (non-hydrogen) atoms. The lowest BCUT2D eigenvalue weighted by atomic mass is 10.1. The van der Waals surface area contributed by atoms with Gasteiger partial charge in [0.05, 0.1) is 13.2 Å². The third-order valence-electron chi connectivity index (χ3n) is 4.72. The van der Waals surface area contributed by atoms with Gasteiger partial charge >= 0.3 is 0 Å². The summed E-state index contributed by atoms with van der Waals surface area (Å²) in [5, 5.41) is 19.4. The van der Waals surface area contributed by atoms with Gasteiger partial charge in [-0.15, -0.1) is 17.5 Å². The van der Waals surface area contributed by atoms with E-state index in [0.29, 0.717) is 23.2 Å². The molecule has 0 saturated carbocycles. The summed E-state index contributed by atoms with van der Waals surface area (Å²) in [4.78, 5) is 6.85. The number of nitrogens with one attached hydrogen (secondary N) is 1. The maximum Gasteiger partial charge on any atom is 0.276 e. The van der Waals surface area contributed by atoms with E-state index in [1.165, 1.54) is 0 Å². The predicted octanol–water partition coefficient (Wildman–Crippen LogP) is 1.42. The molecule has 0 spiro atoms. The minimum absolute atomic E-state index is 0. The first-order chi connectivity index (χ1) is 13.7. The number of likely N-dealkylation sites (N-methyl/N-ethyl adjacent to an activating group) is 1. The molecule has 3 aromatic rings. The number of rotatable bonds is 5. The Morgan fingerprint density at radius 3 is 2.97 bits per heavy atom. The SMILES string of the molecule is COc1cccc(/C=C(/c2nc(C3CNCCN3C)no2)n2nnnc2C)c1.Cl. The average Bonchev–Trinajstić information content (AvgIpc) is 3.36. The second-order valence-electron chi connectivity index (χ2n) is 6.60. The van der Waals surface area contributed by atoms with Gasteiger partial charge < -0.3 is 14.6 Å². The maximum absolute atomic E-state index is 5.60. The second kappa shape index (κ2) is 9.12. The predicted molar refractivity (Wildman–Crippen MR) is 109 cm³/mol. The van der Waals surface area contributed by atoms with Crippen molar-refractivity contribution in [2.45, 2.75) is 13.0 Å². The fourth-order valence-electron chi connectivity index (χ4n) is 3.13. The highest BCUT2D eigenvalue weighted by Gasteiger charge is 2.27. The Balaban J connectivity index is 0.00000240. The van der Waals surface area contributed by atoms with Gasteiger partial charge in [0, 0.05) is 19.6 Å². The number of piperazine rings is 1. The van der Waals surface area contributed by atoms with Crippen molar-refractivity contribution in [2.24, 2.45) is 0 Å². The van der Waals surface area contributed by atoms with Crippen LogP contribution in [0.2, 0.25) is 0 Å². The van der Waals surface area contributed by atoms with Crippen LogP contribution in [0.15, 0.2) is 28.8 Å². The van der Waals surface area contributed by atoms with Gasteiger partial charge in [0.25, 0.3) is 5.89 Å². The first-order valence-corrected chi connectivity index (χ1v) is 9.02. The van der Waals surface area contributed by atoms with Crippen molar-refractivity contribution in [3.8, 4) is 5.75 Å². The molecule has 1 atom stereocenters. The van der Waals surface area contributed by atoms with Gasteiger partial charge in [-0.25, -0.2) is 0 Å². The minimum Gasteiger partial charge on any atom is -0.497 e. The van der Waals surface area contributed by atoms with Crippen LogP contribution in [0.1, 0.15) is 29.1 Å². The monoisotopic (exact) mass is 418 g/mol. The zero-order valence-electron chi connectivity index (χ0n) is 16.4. The van der Waals surface area contributed by atoms with E-state index in [1.807, 2.05) is 37.3 Å². The van der Waals surface area contributed by atoms with Gasteiger partial charge in [0.1, 0.15) is 11.4 Å². The Morgan fingerprint density at radius 1 is 1.38 bits per heavy atom. The number of tetrazole rings is 1. The normalized spacial score (nSPS) is 17.8. The van der Waals surface area contributed by atoms with Crippen LogP contribution in [-0.2, 0) is 0 Å². The van der Waals surface area contributed by atoms with Crippen molar-refractivity contribution in [3.05, 3.63) is 47.4 Å². The van der Waals surface area contributed by atoms with Gasteiger partial charge in [0.15, 0.2) is 11.6 Å². The molecule has 0 radical (unpaired) electrons. The Morgan fingerprint density at radius 2 is 2.24 bits per heavy atom. The third-order valence-corrected chi connectivity index (χ3v) is 4.72. The smallest absolute Gasteiger partial charge is 0.276 e. The van der Waals surface area contributed by atoms with Crippen LogP contribution in [0.5, 0.6) is 5.75 Å². The van der Waals surface area contributed by atoms with Gasteiger partial charge in [-0.1, -0.05) is 17.3 Å². The van der Waals surface area contributed by atoms with E-state index in [4.69, 9.17) is 9.26 Å². The molecule has 1 unspecified atom stereocenters. The van der Waals surface area contributed by atoms with Crippen molar-refractivity contribution in [1.82, 2.24) is 40.6 Å². The Bertz CT molecular complexity index is 986. The molecule has 1 aliphatic heterocycles. The minimum atomic E-state index is 0. The lowest BCUT2D eigenvalue weighted by molar-refractivity contribution is 0.190. The summed E-state index contributed by atoms with van der Waals surface area (Å²) >= 11 is 0. The summed E-state index contributed by atoms with van der Waals surface area (Å²) < 4.78 is 12.5. The van der Waals surface area contributed by atoms with Crippen LogP contribution in [0.3, 0.4) is 0 Å². The number of halogens is 1. The molecule has 3 heterocycles. The van der Waals surface area contributed by atoms with Crippen molar-refractivity contribution in [2.75, 3.05) is 33.8 Å². The number of hydrogen-bond donors (Lipinski definition) is 1. The number of nitrogens with zero attached hydrogens (tertiary/aromatic N) is 7. The Labute approximate surface area is 174 Å². The summed E-state index contributed by atoms with van der Waals surface area (Å²) in [6.45, 7) is 4.46. The third kappa shape index (κ3) is 4.44. The lowest BCUT2D eigenvalue weighted by Crippen LogP contribution is -2.44. The molecule has 1 fully saturated rings.